The molecule has 0 saturated heterocycles. The minimum absolute atomic E-state index is 0.0476. The highest BCUT2D eigenvalue weighted by Crippen LogP contribution is 1.88. The molecular weight excluding hydrogens is 184 g/mol. The number of hydrogen-bond acceptors (Lipinski definition) is 4. The van der Waals surface area contributed by atoms with Gasteiger partial charge in [-0.2, -0.15) is 0 Å². The summed E-state index contributed by atoms with van der Waals surface area (Å²) in [7, 11) is 1.58. The third-order valence-electron chi connectivity index (χ3n) is 1.72. The molecule has 0 aliphatic carbocycles. The Balaban J connectivity index is 3.58. The number of rotatable bonds is 6. The highest BCUT2D eigenvalue weighted by molar-refractivity contribution is 5.76. The van der Waals surface area contributed by atoms with Gasteiger partial charge in [0.1, 0.15) is 6.04 Å². The quantitative estimate of drug-likeness (QED) is 0.578. The number of amides is 1. The van der Waals surface area contributed by atoms with Crippen molar-refractivity contribution in [3.8, 4) is 0 Å². The summed E-state index contributed by atoms with van der Waals surface area (Å²) in [6.45, 7) is 4.32. The average molecular weight is 202 g/mol. The van der Waals surface area contributed by atoms with Crippen molar-refractivity contribution in [3.05, 3.63) is 0 Å². The number of nitrogens with one attached hydrogen (secondary N) is 2. The number of hydrogen-bond donors (Lipinski definition) is 2. The molecule has 0 spiro atoms. The summed E-state index contributed by atoms with van der Waals surface area (Å²) in [6.07, 6.45) is 0.361. The van der Waals surface area contributed by atoms with Crippen LogP contribution in [0.3, 0.4) is 0 Å². The molecule has 0 rings (SSSR count). The highest BCUT2D eigenvalue weighted by Gasteiger charge is 2.12. The van der Waals surface area contributed by atoms with E-state index >= 15 is 0 Å². The second kappa shape index (κ2) is 7.32. The van der Waals surface area contributed by atoms with E-state index in [2.05, 4.69) is 10.6 Å². The average Bonchev–Trinajstić information content (AvgIpc) is 2.17. The molecule has 0 aliphatic heterocycles. The van der Waals surface area contributed by atoms with Crippen molar-refractivity contribution in [3.63, 3.8) is 0 Å². The maximum atomic E-state index is 11.1. The molecule has 5 heteroatoms. The van der Waals surface area contributed by atoms with Crippen LogP contribution in [-0.4, -0.2) is 38.1 Å². The van der Waals surface area contributed by atoms with Gasteiger partial charge < -0.3 is 15.4 Å². The fourth-order valence-electron chi connectivity index (χ4n) is 0.878. The van der Waals surface area contributed by atoms with Crippen molar-refractivity contribution >= 4 is 11.9 Å². The molecule has 0 radical (unpaired) electrons. The second-order valence-electron chi connectivity index (χ2n) is 2.85. The van der Waals surface area contributed by atoms with Gasteiger partial charge in [-0.15, -0.1) is 0 Å². The van der Waals surface area contributed by atoms with Gasteiger partial charge in [-0.1, -0.05) is 0 Å². The minimum Gasteiger partial charge on any atom is -0.465 e. The molecule has 1 unspecified atom stereocenters. The van der Waals surface area contributed by atoms with Crippen molar-refractivity contribution in [1.29, 1.82) is 0 Å². The summed E-state index contributed by atoms with van der Waals surface area (Å²) >= 11 is 0. The molecular formula is C9H18N2O3. The second-order valence-corrected chi connectivity index (χ2v) is 2.85. The maximum Gasteiger partial charge on any atom is 0.322 e. The number of esters is 1. The Morgan fingerprint density at radius 3 is 2.57 bits per heavy atom. The monoisotopic (exact) mass is 202 g/mol. The molecule has 0 heterocycles. The molecule has 0 aromatic rings. The third-order valence-corrected chi connectivity index (χ3v) is 1.72. The zero-order valence-electron chi connectivity index (χ0n) is 8.92. The molecule has 2 N–H and O–H groups in total. The predicted octanol–water partition coefficient (Wildman–Crippen LogP) is -0.336. The first kappa shape index (κ1) is 12.9. The van der Waals surface area contributed by atoms with Gasteiger partial charge in [0, 0.05) is 20.0 Å². The summed E-state index contributed by atoms with van der Waals surface area (Å²) in [4.78, 5) is 21.9. The van der Waals surface area contributed by atoms with Gasteiger partial charge in [-0.05, 0) is 13.8 Å². The summed E-state index contributed by atoms with van der Waals surface area (Å²) in [6, 6.07) is -0.361. The topological polar surface area (TPSA) is 67.4 Å². The largest absolute Gasteiger partial charge is 0.465 e. The van der Waals surface area contributed by atoms with Crippen molar-refractivity contribution < 1.29 is 14.3 Å². The van der Waals surface area contributed by atoms with Gasteiger partial charge in [-0.3, -0.25) is 9.59 Å². The van der Waals surface area contributed by atoms with Crippen molar-refractivity contribution in [2.24, 2.45) is 0 Å². The van der Waals surface area contributed by atoms with Crippen LogP contribution in [0.5, 0.6) is 0 Å². The first-order valence-electron chi connectivity index (χ1n) is 4.72. The highest BCUT2D eigenvalue weighted by atomic mass is 16.5. The molecule has 82 valence electrons. The van der Waals surface area contributed by atoms with Crippen LogP contribution in [0.25, 0.3) is 0 Å². The molecule has 1 atom stereocenters. The van der Waals surface area contributed by atoms with Crippen LogP contribution in [0, 0.1) is 0 Å². The molecule has 0 aromatic carbocycles. The first-order valence-corrected chi connectivity index (χ1v) is 4.72. The zero-order chi connectivity index (χ0) is 11.0. The van der Waals surface area contributed by atoms with Gasteiger partial charge in [-0.25, -0.2) is 0 Å². The standard InChI is InChI=1S/C9H18N2O3/c1-4-14-9(13)7(2)11-6-5-8(12)10-3/h7,11H,4-6H2,1-3H3,(H,10,12). The van der Waals surface area contributed by atoms with Crippen molar-refractivity contribution in [2.45, 2.75) is 26.3 Å². The van der Waals surface area contributed by atoms with Gasteiger partial charge in [0.25, 0.3) is 0 Å². The lowest BCUT2D eigenvalue weighted by Gasteiger charge is -2.11. The van der Waals surface area contributed by atoms with Crippen LogP contribution in [0.15, 0.2) is 0 Å². The Hall–Kier alpha value is -1.10. The Bertz CT molecular complexity index is 194. The summed E-state index contributed by atoms with van der Waals surface area (Å²) in [5, 5.41) is 5.40. The fraction of sp³-hybridized carbons (Fsp3) is 0.778. The molecule has 0 aromatic heterocycles. The van der Waals surface area contributed by atoms with Crippen LogP contribution in [0.4, 0.5) is 0 Å². The summed E-state index contributed by atoms with van der Waals surface area (Å²) in [5.41, 5.74) is 0. The van der Waals surface area contributed by atoms with Crippen molar-refractivity contribution in [1.82, 2.24) is 10.6 Å². The maximum absolute atomic E-state index is 11.1. The molecule has 0 saturated carbocycles. The van der Waals surface area contributed by atoms with Crippen LogP contribution < -0.4 is 10.6 Å². The fourth-order valence-corrected chi connectivity index (χ4v) is 0.878. The predicted molar refractivity (Wildman–Crippen MR) is 52.8 cm³/mol. The Morgan fingerprint density at radius 1 is 1.43 bits per heavy atom. The Labute approximate surface area is 84.2 Å². The lowest BCUT2D eigenvalue weighted by Crippen LogP contribution is -2.37. The summed E-state index contributed by atoms with van der Waals surface area (Å²) in [5.74, 6) is -0.335. The molecule has 14 heavy (non-hydrogen) atoms. The lowest BCUT2D eigenvalue weighted by molar-refractivity contribution is -0.145. The zero-order valence-corrected chi connectivity index (χ0v) is 8.92. The number of carbonyl (C=O) groups is 2. The molecule has 1 amide bonds. The SMILES string of the molecule is CCOC(=O)C(C)NCCC(=O)NC. The van der Waals surface area contributed by atoms with E-state index in [1.807, 2.05) is 0 Å². The van der Waals surface area contributed by atoms with Gasteiger partial charge in [0.2, 0.25) is 5.91 Å². The Kier molecular flexibility index (Phi) is 6.74. The normalized spacial score (nSPS) is 11.9. The van der Waals surface area contributed by atoms with E-state index in [-0.39, 0.29) is 17.9 Å². The van der Waals surface area contributed by atoms with Gasteiger partial charge >= 0.3 is 5.97 Å². The van der Waals surface area contributed by atoms with Crippen LogP contribution in [-0.2, 0) is 14.3 Å². The first-order chi connectivity index (χ1) is 6.61. The molecule has 0 fully saturated rings. The number of ether oxygens (including phenoxy) is 1. The van der Waals surface area contributed by atoms with E-state index in [0.717, 1.165) is 0 Å². The third kappa shape index (κ3) is 5.53. The smallest absolute Gasteiger partial charge is 0.322 e. The minimum atomic E-state index is -0.361. The van der Waals surface area contributed by atoms with E-state index in [1.54, 1.807) is 20.9 Å². The van der Waals surface area contributed by atoms with Crippen LogP contribution in [0.1, 0.15) is 20.3 Å². The molecule has 0 aliphatic rings. The van der Waals surface area contributed by atoms with E-state index in [1.165, 1.54) is 0 Å². The lowest BCUT2D eigenvalue weighted by atomic mass is 10.3. The Morgan fingerprint density at radius 2 is 2.07 bits per heavy atom. The van der Waals surface area contributed by atoms with E-state index < -0.39 is 0 Å². The summed E-state index contributed by atoms with van der Waals surface area (Å²) < 4.78 is 4.79. The van der Waals surface area contributed by atoms with Gasteiger partial charge in [0.15, 0.2) is 0 Å². The van der Waals surface area contributed by atoms with E-state index in [4.69, 9.17) is 4.74 Å². The van der Waals surface area contributed by atoms with Gasteiger partial charge in [0.05, 0.1) is 6.61 Å². The van der Waals surface area contributed by atoms with Crippen LogP contribution >= 0.6 is 0 Å². The van der Waals surface area contributed by atoms with E-state index in [9.17, 15) is 9.59 Å². The van der Waals surface area contributed by atoms with Crippen molar-refractivity contribution in [2.75, 3.05) is 20.2 Å². The van der Waals surface area contributed by atoms with Crippen LogP contribution in [0.2, 0.25) is 0 Å². The molecule has 5 nitrogen and oxygen atoms in total. The molecule has 0 bridgehead atoms. The van der Waals surface area contributed by atoms with E-state index in [0.29, 0.717) is 19.6 Å². The number of carbonyl (C=O) groups excluding carboxylic acids is 2.